The van der Waals surface area contributed by atoms with Crippen molar-refractivity contribution >= 4 is 21.6 Å². The highest BCUT2D eigenvalue weighted by Gasteiger charge is 2.28. The van der Waals surface area contributed by atoms with E-state index >= 15 is 0 Å². The molecule has 0 radical (unpaired) electrons. The zero-order valence-electron chi connectivity index (χ0n) is 17.5. The van der Waals surface area contributed by atoms with Gasteiger partial charge in [0, 0.05) is 6.54 Å². The maximum Gasteiger partial charge on any atom is 0.243 e. The van der Waals surface area contributed by atoms with Crippen LogP contribution in [0.4, 0.5) is 5.69 Å². The topological polar surface area (TPSA) is 75.7 Å². The summed E-state index contributed by atoms with van der Waals surface area (Å²) in [5.74, 6) is 0.325. The van der Waals surface area contributed by atoms with Crippen LogP contribution < -0.4 is 14.4 Å². The maximum atomic E-state index is 12.6. The lowest BCUT2D eigenvalue weighted by atomic mass is 10.1. The van der Waals surface area contributed by atoms with Crippen LogP contribution in [0.3, 0.4) is 0 Å². The molecule has 0 saturated carbocycles. The van der Waals surface area contributed by atoms with Gasteiger partial charge >= 0.3 is 0 Å². The molecule has 0 spiro atoms. The van der Waals surface area contributed by atoms with Gasteiger partial charge < -0.3 is 10.1 Å². The van der Waals surface area contributed by atoms with E-state index in [1.165, 1.54) is 11.1 Å². The number of hydrogen-bond acceptors (Lipinski definition) is 4. The third-order valence-corrected chi connectivity index (χ3v) is 5.79. The molecule has 0 aromatic heterocycles. The second-order valence-electron chi connectivity index (χ2n) is 7.04. The van der Waals surface area contributed by atoms with Crippen molar-refractivity contribution in [2.45, 2.75) is 39.7 Å². The number of nitrogens with zero attached hydrogens (tertiary/aromatic N) is 1. The van der Waals surface area contributed by atoms with Crippen molar-refractivity contribution in [3.63, 3.8) is 0 Å². The zero-order valence-corrected chi connectivity index (χ0v) is 18.3. The molecule has 1 atom stereocenters. The SMILES string of the molecule is CCOc1ccc(N(C(C)C(=O)NCCCc2ccc(C)cc2)S(C)(=O)=O)cc1. The number of hydrogen-bond donors (Lipinski definition) is 1. The van der Waals surface area contributed by atoms with Crippen LogP contribution in [0.25, 0.3) is 0 Å². The number of rotatable bonds is 10. The molecule has 158 valence electrons. The monoisotopic (exact) mass is 418 g/mol. The normalized spacial score (nSPS) is 12.3. The third kappa shape index (κ3) is 6.78. The fourth-order valence-corrected chi connectivity index (χ4v) is 4.25. The molecule has 0 aliphatic carbocycles. The van der Waals surface area contributed by atoms with Crippen LogP contribution in [0.5, 0.6) is 5.75 Å². The van der Waals surface area contributed by atoms with Gasteiger partial charge in [0.15, 0.2) is 0 Å². The Morgan fingerprint density at radius 1 is 1.10 bits per heavy atom. The lowest BCUT2D eigenvalue weighted by molar-refractivity contribution is -0.121. The highest BCUT2D eigenvalue weighted by atomic mass is 32.2. The standard InChI is InChI=1S/C22H30N2O4S/c1-5-28-21-14-12-20(13-15-21)24(29(4,26)27)18(3)22(25)23-16-6-7-19-10-8-17(2)9-11-19/h8-15,18H,5-7,16H2,1-4H3,(H,23,25). The fourth-order valence-electron chi connectivity index (χ4n) is 3.07. The Labute approximate surface area is 173 Å². The second-order valence-corrected chi connectivity index (χ2v) is 8.90. The number of carbonyl (C=O) groups excluding carboxylic acids is 1. The van der Waals surface area contributed by atoms with Crippen LogP contribution in [0.2, 0.25) is 0 Å². The van der Waals surface area contributed by atoms with Gasteiger partial charge in [-0.2, -0.15) is 0 Å². The Bertz CT molecular complexity index is 893. The Kier molecular flexibility index (Phi) is 8.08. The molecule has 0 fully saturated rings. The van der Waals surface area contributed by atoms with E-state index < -0.39 is 16.1 Å². The van der Waals surface area contributed by atoms with Crippen molar-refractivity contribution in [3.8, 4) is 5.75 Å². The molecule has 2 aromatic rings. The number of carbonyl (C=O) groups is 1. The average Bonchev–Trinajstić information content (AvgIpc) is 2.67. The van der Waals surface area contributed by atoms with Gasteiger partial charge in [-0.15, -0.1) is 0 Å². The summed E-state index contributed by atoms with van der Waals surface area (Å²) in [6, 6.07) is 14.1. The largest absolute Gasteiger partial charge is 0.494 e. The van der Waals surface area contributed by atoms with Crippen molar-refractivity contribution in [2.75, 3.05) is 23.7 Å². The summed E-state index contributed by atoms with van der Waals surface area (Å²) in [6.45, 7) is 6.52. The first-order valence-corrected chi connectivity index (χ1v) is 11.6. The molecule has 2 rings (SSSR count). The number of benzene rings is 2. The number of aryl methyl sites for hydroxylation is 2. The lowest BCUT2D eigenvalue weighted by Gasteiger charge is -2.28. The molecule has 1 N–H and O–H groups in total. The first kappa shape index (κ1) is 22.7. The lowest BCUT2D eigenvalue weighted by Crippen LogP contribution is -2.48. The molecule has 0 saturated heterocycles. The number of amides is 1. The van der Waals surface area contributed by atoms with Gasteiger partial charge in [0.05, 0.1) is 18.6 Å². The number of ether oxygens (including phenoxy) is 1. The van der Waals surface area contributed by atoms with Crippen molar-refractivity contribution in [2.24, 2.45) is 0 Å². The van der Waals surface area contributed by atoms with Crippen LogP contribution in [0, 0.1) is 6.92 Å². The molecule has 6 nitrogen and oxygen atoms in total. The number of sulfonamides is 1. The first-order valence-electron chi connectivity index (χ1n) is 9.78. The summed E-state index contributed by atoms with van der Waals surface area (Å²) in [6.07, 6.45) is 2.73. The molecule has 29 heavy (non-hydrogen) atoms. The molecule has 0 aliphatic heterocycles. The van der Waals surface area contributed by atoms with Crippen LogP contribution in [-0.4, -0.2) is 39.8 Å². The van der Waals surface area contributed by atoms with E-state index in [2.05, 4.69) is 29.6 Å². The first-order chi connectivity index (χ1) is 13.7. The minimum Gasteiger partial charge on any atom is -0.494 e. The van der Waals surface area contributed by atoms with E-state index in [0.29, 0.717) is 24.6 Å². The summed E-state index contributed by atoms with van der Waals surface area (Å²) in [7, 11) is -3.63. The zero-order chi connectivity index (χ0) is 21.4. The van der Waals surface area contributed by atoms with Crippen molar-refractivity contribution in [1.82, 2.24) is 5.32 Å². The second kappa shape index (κ2) is 10.3. The molecule has 1 unspecified atom stereocenters. The molecule has 7 heteroatoms. The molecule has 2 aromatic carbocycles. The van der Waals surface area contributed by atoms with Crippen LogP contribution in [0.15, 0.2) is 48.5 Å². The van der Waals surface area contributed by atoms with Gasteiger partial charge in [0.25, 0.3) is 0 Å². The van der Waals surface area contributed by atoms with E-state index in [1.54, 1.807) is 31.2 Å². The third-order valence-electron chi connectivity index (χ3n) is 4.55. The van der Waals surface area contributed by atoms with Gasteiger partial charge in [-0.25, -0.2) is 8.42 Å². The Morgan fingerprint density at radius 3 is 2.28 bits per heavy atom. The molecule has 0 heterocycles. The van der Waals surface area contributed by atoms with Crippen LogP contribution >= 0.6 is 0 Å². The quantitative estimate of drug-likeness (QED) is 0.601. The van der Waals surface area contributed by atoms with Gasteiger partial charge in [-0.1, -0.05) is 29.8 Å². The number of nitrogens with one attached hydrogen (secondary N) is 1. The Morgan fingerprint density at radius 2 is 1.72 bits per heavy atom. The van der Waals surface area contributed by atoms with Gasteiger partial charge in [-0.3, -0.25) is 9.10 Å². The van der Waals surface area contributed by atoms with Crippen molar-refractivity contribution in [1.29, 1.82) is 0 Å². The summed E-state index contributed by atoms with van der Waals surface area (Å²) < 4.78 is 31.2. The molecule has 0 bridgehead atoms. The van der Waals surface area contributed by atoms with E-state index in [4.69, 9.17) is 4.74 Å². The Balaban J connectivity index is 1.98. The average molecular weight is 419 g/mol. The maximum absolute atomic E-state index is 12.6. The van der Waals surface area contributed by atoms with Crippen molar-refractivity contribution < 1.29 is 17.9 Å². The number of anilines is 1. The van der Waals surface area contributed by atoms with Gasteiger partial charge in [-0.05, 0) is 63.4 Å². The minimum absolute atomic E-state index is 0.326. The summed E-state index contributed by atoms with van der Waals surface area (Å²) in [5, 5.41) is 2.85. The summed E-state index contributed by atoms with van der Waals surface area (Å²) in [5.41, 5.74) is 2.86. The van der Waals surface area contributed by atoms with E-state index in [-0.39, 0.29) is 5.91 Å². The Hall–Kier alpha value is -2.54. The molecular formula is C22H30N2O4S. The summed E-state index contributed by atoms with van der Waals surface area (Å²) in [4.78, 5) is 12.6. The van der Waals surface area contributed by atoms with E-state index in [0.717, 1.165) is 23.4 Å². The highest BCUT2D eigenvalue weighted by molar-refractivity contribution is 7.92. The predicted octanol–water partition coefficient (Wildman–Crippen LogP) is 3.30. The predicted molar refractivity (Wildman–Crippen MR) is 117 cm³/mol. The minimum atomic E-state index is -3.63. The highest BCUT2D eigenvalue weighted by Crippen LogP contribution is 2.24. The van der Waals surface area contributed by atoms with Gasteiger partial charge in [0.1, 0.15) is 11.8 Å². The van der Waals surface area contributed by atoms with E-state index in [1.807, 2.05) is 13.8 Å². The molecule has 0 aliphatic rings. The molecule has 1 amide bonds. The fraction of sp³-hybridized carbons (Fsp3) is 0.409. The summed E-state index contributed by atoms with van der Waals surface area (Å²) >= 11 is 0. The van der Waals surface area contributed by atoms with Gasteiger partial charge in [0.2, 0.25) is 15.9 Å². The van der Waals surface area contributed by atoms with E-state index in [9.17, 15) is 13.2 Å². The van der Waals surface area contributed by atoms with Crippen LogP contribution in [-0.2, 0) is 21.2 Å². The van der Waals surface area contributed by atoms with Crippen molar-refractivity contribution in [3.05, 3.63) is 59.7 Å². The van der Waals surface area contributed by atoms with Crippen LogP contribution in [0.1, 0.15) is 31.4 Å². The molecular weight excluding hydrogens is 388 g/mol. The smallest absolute Gasteiger partial charge is 0.243 e.